The number of nitrogens with zero attached hydrogens (tertiary/aromatic N) is 1. The van der Waals surface area contributed by atoms with E-state index in [0.29, 0.717) is 5.92 Å². The zero-order valence-corrected chi connectivity index (χ0v) is 8.16. The van der Waals surface area contributed by atoms with E-state index in [1.807, 2.05) is 0 Å². The molecule has 1 heterocycles. The molecule has 13 heavy (non-hydrogen) atoms. The average molecular weight is 186 g/mol. The minimum absolute atomic E-state index is 0.341. The molecule has 0 spiro atoms. The monoisotopic (exact) mass is 186 g/mol. The fourth-order valence-corrected chi connectivity index (χ4v) is 1.52. The van der Waals surface area contributed by atoms with E-state index in [2.05, 4.69) is 0 Å². The fourth-order valence-electron chi connectivity index (χ4n) is 1.52. The maximum atomic E-state index is 10.7. The van der Waals surface area contributed by atoms with E-state index in [4.69, 9.17) is 10.5 Å². The number of urea groups is 1. The quantitative estimate of drug-likeness (QED) is 0.709. The number of ether oxygens (including phenoxy) is 1. The molecule has 1 saturated heterocycles. The van der Waals surface area contributed by atoms with E-state index in [9.17, 15) is 4.79 Å². The van der Waals surface area contributed by atoms with Crippen molar-refractivity contribution in [3.63, 3.8) is 0 Å². The third kappa shape index (κ3) is 3.63. The van der Waals surface area contributed by atoms with Crippen LogP contribution >= 0.6 is 0 Å². The summed E-state index contributed by atoms with van der Waals surface area (Å²) in [4.78, 5) is 12.3. The van der Waals surface area contributed by atoms with Crippen molar-refractivity contribution in [1.82, 2.24) is 4.90 Å². The van der Waals surface area contributed by atoms with Gasteiger partial charge in [-0.15, -0.1) is 0 Å². The van der Waals surface area contributed by atoms with Crippen LogP contribution in [0.1, 0.15) is 19.3 Å². The highest BCUT2D eigenvalue weighted by Gasteiger charge is 2.14. The molecular weight excluding hydrogens is 168 g/mol. The molecule has 2 N–H and O–H groups in total. The SMILES string of the molecule is CN(CCC1CCOCC1)C(N)=O. The minimum Gasteiger partial charge on any atom is -0.381 e. The van der Waals surface area contributed by atoms with Gasteiger partial charge < -0.3 is 15.4 Å². The highest BCUT2D eigenvalue weighted by molar-refractivity contribution is 5.71. The molecular formula is C9H18N2O2. The number of primary amides is 1. The van der Waals surface area contributed by atoms with Crippen LogP contribution in [0.5, 0.6) is 0 Å². The summed E-state index contributed by atoms with van der Waals surface area (Å²) in [7, 11) is 1.74. The highest BCUT2D eigenvalue weighted by atomic mass is 16.5. The van der Waals surface area contributed by atoms with Crippen LogP contribution in [-0.4, -0.2) is 37.7 Å². The second kappa shape index (κ2) is 5.07. The molecule has 0 aromatic carbocycles. The van der Waals surface area contributed by atoms with E-state index in [1.165, 1.54) is 0 Å². The molecule has 0 radical (unpaired) electrons. The van der Waals surface area contributed by atoms with Gasteiger partial charge in [0, 0.05) is 26.8 Å². The Hall–Kier alpha value is -0.770. The van der Waals surface area contributed by atoms with Crippen molar-refractivity contribution in [2.75, 3.05) is 26.8 Å². The largest absolute Gasteiger partial charge is 0.381 e. The van der Waals surface area contributed by atoms with Crippen LogP contribution in [-0.2, 0) is 4.74 Å². The standard InChI is InChI=1S/C9H18N2O2/c1-11(9(10)12)5-2-8-3-6-13-7-4-8/h8H,2-7H2,1H3,(H2,10,12). The molecule has 0 saturated carbocycles. The maximum absolute atomic E-state index is 10.7. The molecule has 0 aromatic heterocycles. The number of carbonyl (C=O) groups excluding carboxylic acids is 1. The normalized spacial score (nSPS) is 18.5. The van der Waals surface area contributed by atoms with Crippen molar-refractivity contribution in [2.24, 2.45) is 11.7 Å². The molecule has 1 aliphatic rings. The molecule has 4 nitrogen and oxygen atoms in total. The summed E-state index contributed by atoms with van der Waals surface area (Å²) in [6.45, 7) is 2.50. The Bertz CT molecular complexity index is 167. The van der Waals surface area contributed by atoms with Crippen LogP contribution in [0, 0.1) is 5.92 Å². The van der Waals surface area contributed by atoms with Crippen LogP contribution in [0.4, 0.5) is 4.79 Å². The van der Waals surface area contributed by atoms with Gasteiger partial charge in [0.05, 0.1) is 0 Å². The lowest BCUT2D eigenvalue weighted by Gasteiger charge is -2.24. The van der Waals surface area contributed by atoms with Crippen molar-refractivity contribution in [2.45, 2.75) is 19.3 Å². The number of nitrogens with two attached hydrogens (primary N) is 1. The predicted molar refractivity (Wildman–Crippen MR) is 50.4 cm³/mol. The first-order valence-corrected chi connectivity index (χ1v) is 4.78. The number of hydrogen-bond acceptors (Lipinski definition) is 2. The Labute approximate surface area is 79.0 Å². The summed E-state index contributed by atoms with van der Waals surface area (Å²) < 4.78 is 5.25. The Morgan fingerprint density at radius 3 is 2.69 bits per heavy atom. The zero-order chi connectivity index (χ0) is 9.68. The van der Waals surface area contributed by atoms with Gasteiger partial charge in [0.1, 0.15) is 0 Å². The number of rotatable bonds is 3. The molecule has 76 valence electrons. The Kier molecular flexibility index (Phi) is 4.02. The van der Waals surface area contributed by atoms with Crippen molar-refractivity contribution in [3.05, 3.63) is 0 Å². The van der Waals surface area contributed by atoms with Gasteiger partial charge in [0.2, 0.25) is 0 Å². The van der Waals surface area contributed by atoms with Crippen LogP contribution in [0.3, 0.4) is 0 Å². The molecule has 0 aliphatic carbocycles. The van der Waals surface area contributed by atoms with Crippen LogP contribution in [0.25, 0.3) is 0 Å². The van der Waals surface area contributed by atoms with Crippen molar-refractivity contribution in [1.29, 1.82) is 0 Å². The fraction of sp³-hybridized carbons (Fsp3) is 0.889. The topological polar surface area (TPSA) is 55.6 Å². The lowest BCUT2D eigenvalue weighted by Crippen LogP contribution is -2.34. The molecule has 0 unspecified atom stereocenters. The van der Waals surface area contributed by atoms with Gasteiger partial charge in [-0.2, -0.15) is 0 Å². The Balaban J connectivity index is 2.13. The molecule has 0 atom stereocenters. The molecule has 0 aromatic rings. The van der Waals surface area contributed by atoms with Gasteiger partial charge in [-0.05, 0) is 25.2 Å². The second-order valence-electron chi connectivity index (χ2n) is 3.60. The summed E-state index contributed by atoms with van der Waals surface area (Å²) in [6, 6.07) is -0.341. The van der Waals surface area contributed by atoms with E-state index in [1.54, 1.807) is 11.9 Å². The number of amides is 2. The molecule has 0 bridgehead atoms. The van der Waals surface area contributed by atoms with Gasteiger partial charge in [0.15, 0.2) is 0 Å². The van der Waals surface area contributed by atoms with Crippen molar-refractivity contribution >= 4 is 6.03 Å². The molecule has 2 amide bonds. The zero-order valence-electron chi connectivity index (χ0n) is 8.16. The molecule has 1 fully saturated rings. The van der Waals surface area contributed by atoms with Gasteiger partial charge >= 0.3 is 6.03 Å². The minimum atomic E-state index is -0.341. The second-order valence-corrected chi connectivity index (χ2v) is 3.60. The van der Waals surface area contributed by atoms with Crippen LogP contribution in [0.15, 0.2) is 0 Å². The van der Waals surface area contributed by atoms with Crippen LogP contribution in [0.2, 0.25) is 0 Å². The number of carbonyl (C=O) groups is 1. The van der Waals surface area contributed by atoms with Gasteiger partial charge in [-0.1, -0.05) is 0 Å². The molecule has 1 rings (SSSR count). The highest BCUT2D eigenvalue weighted by Crippen LogP contribution is 2.18. The van der Waals surface area contributed by atoms with Crippen LogP contribution < -0.4 is 5.73 Å². The molecule has 4 heteroatoms. The first-order valence-electron chi connectivity index (χ1n) is 4.78. The smallest absolute Gasteiger partial charge is 0.314 e. The first kappa shape index (κ1) is 10.3. The summed E-state index contributed by atoms with van der Waals surface area (Å²) in [5, 5.41) is 0. The number of hydrogen-bond donors (Lipinski definition) is 1. The van der Waals surface area contributed by atoms with Gasteiger partial charge in [-0.25, -0.2) is 4.79 Å². The van der Waals surface area contributed by atoms with Crippen molar-refractivity contribution in [3.8, 4) is 0 Å². The van der Waals surface area contributed by atoms with E-state index >= 15 is 0 Å². The van der Waals surface area contributed by atoms with E-state index < -0.39 is 0 Å². The summed E-state index contributed by atoms with van der Waals surface area (Å²) in [6.07, 6.45) is 3.28. The Morgan fingerprint density at radius 2 is 2.15 bits per heavy atom. The third-order valence-corrected chi connectivity index (χ3v) is 2.59. The lowest BCUT2D eigenvalue weighted by atomic mass is 9.96. The van der Waals surface area contributed by atoms with E-state index in [0.717, 1.165) is 39.0 Å². The van der Waals surface area contributed by atoms with E-state index in [-0.39, 0.29) is 6.03 Å². The molecule has 1 aliphatic heterocycles. The third-order valence-electron chi connectivity index (χ3n) is 2.59. The predicted octanol–water partition coefficient (Wildman–Crippen LogP) is 0.814. The lowest BCUT2D eigenvalue weighted by molar-refractivity contribution is 0.0620. The first-order chi connectivity index (χ1) is 6.20. The van der Waals surface area contributed by atoms with Crippen molar-refractivity contribution < 1.29 is 9.53 Å². The summed E-state index contributed by atoms with van der Waals surface area (Å²) in [5.74, 6) is 0.704. The van der Waals surface area contributed by atoms with Gasteiger partial charge in [-0.3, -0.25) is 0 Å². The van der Waals surface area contributed by atoms with Gasteiger partial charge in [0.25, 0.3) is 0 Å². The Morgan fingerprint density at radius 1 is 1.54 bits per heavy atom. The average Bonchev–Trinajstić information content (AvgIpc) is 2.15. The summed E-state index contributed by atoms with van der Waals surface area (Å²) in [5.41, 5.74) is 5.11. The maximum Gasteiger partial charge on any atom is 0.314 e. The summed E-state index contributed by atoms with van der Waals surface area (Å²) >= 11 is 0.